The second-order valence-electron chi connectivity index (χ2n) is 4.73. The van der Waals surface area contributed by atoms with Gasteiger partial charge in [-0.1, -0.05) is 29.3 Å². The van der Waals surface area contributed by atoms with Crippen molar-refractivity contribution in [1.29, 1.82) is 0 Å². The minimum atomic E-state index is -4.88. The van der Waals surface area contributed by atoms with Crippen LogP contribution in [0.2, 0.25) is 10.0 Å². The Morgan fingerprint density at radius 3 is 1.67 bits per heavy atom. The van der Waals surface area contributed by atoms with Crippen molar-refractivity contribution in [3.63, 3.8) is 0 Å². The number of halogens is 8. The molecule has 0 atom stereocenters. The van der Waals surface area contributed by atoms with Crippen molar-refractivity contribution < 1.29 is 26.3 Å². The summed E-state index contributed by atoms with van der Waals surface area (Å²) in [5.74, 6) is 0.0388. The van der Waals surface area contributed by atoms with Gasteiger partial charge in [0, 0.05) is 20.7 Å². The molecule has 2 aromatic rings. The van der Waals surface area contributed by atoms with Gasteiger partial charge in [0.15, 0.2) is 0 Å². The topological polar surface area (TPSA) is 0 Å². The average Bonchev–Trinajstić information content (AvgIpc) is 2.44. The molecular formula is C15H8Cl2F6S. The molecule has 0 aromatic heterocycles. The van der Waals surface area contributed by atoms with E-state index < -0.39 is 23.5 Å². The predicted molar refractivity (Wildman–Crippen MR) is 82.5 cm³/mol. The van der Waals surface area contributed by atoms with Gasteiger partial charge in [-0.05, 0) is 35.9 Å². The van der Waals surface area contributed by atoms with E-state index in [1.165, 1.54) is 12.1 Å². The van der Waals surface area contributed by atoms with Gasteiger partial charge in [0.05, 0.1) is 11.1 Å². The van der Waals surface area contributed by atoms with Crippen molar-refractivity contribution >= 4 is 35.0 Å². The van der Waals surface area contributed by atoms with Gasteiger partial charge in [-0.2, -0.15) is 26.3 Å². The maximum absolute atomic E-state index is 12.8. The predicted octanol–water partition coefficient (Wildman–Crippen LogP) is 7.32. The molecule has 0 unspecified atom stereocenters. The molecule has 0 aliphatic rings. The maximum Gasteiger partial charge on any atom is 0.416 e. The molecular weight excluding hydrogens is 397 g/mol. The van der Waals surface area contributed by atoms with Gasteiger partial charge < -0.3 is 0 Å². The van der Waals surface area contributed by atoms with Crippen LogP contribution in [-0.2, 0) is 18.1 Å². The van der Waals surface area contributed by atoms with Crippen LogP contribution in [0.1, 0.15) is 16.7 Å². The average molecular weight is 405 g/mol. The van der Waals surface area contributed by atoms with Crippen LogP contribution in [0, 0.1) is 0 Å². The van der Waals surface area contributed by atoms with Crippen LogP contribution in [0.15, 0.2) is 41.3 Å². The van der Waals surface area contributed by atoms with Crippen molar-refractivity contribution in [2.24, 2.45) is 0 Å². The second-order valence-corrected chi connectivity index (χ2v) is 6.59. The number of hydrogen-bond donors (Lipinski definition) is 0. The molecule has 130 valence electrons. The number of hydrogen-bond acceptors (Lipinski definition) is 1. The Morgan fingerprint density at radius 1 is 0.792 bits per heavy atom. The summed E-state index contributed by atoms with van der Waals surface area (Å²) in [6, 6.07) is 6.10. The molecule has 0 N–H and O–H groups in total. The highest BCUT2D eigenvalue weighted by molar-refractivity contribution is 7.98. The maximum atomic E-state index is 12.8. The van der Waals surface area contributed by atoms with Crippen LogP contribution in [0.5, 0.6) is 0 Å². The summed E-state index contributed by atoms with van der Waals surface area (Å²) in [4.78, 5) is -0.173. The third-order valence-corrected chi connectivity index (χ3v) is 4.72. The molecule has 0 saturated carbocycles. The Kier molecular flexibility index (Phi) is 5.67. The summed E-state index contributed by atoms with van der Waals surface area (Å²) in [5.41, 5.74) is -2.27. The van der Waals surface area contributed by atoms with Crippen LogP contribution in [-0.4, -0.2) is 0 Å². The standard InChI is InChI=1S/C15H8Cl2F6S/c16-12-2-1-3-13(17)11(12)7-24-10-5-8(14(18,19)20)4-9(6-10)15(21,22)23/h1-6H,7H2. The lowest BCUT2D eigenvalue weighted by atomic mass is 10.1. The molecule has 0 nitrogen and oxygen atoms in total. The molecule has 0 heterocycles. The first-order chi connectivity index (χ1) is 11.0. The van der Waals surface area contributed by atoms with Crippen LogP contribution in [0.25, 0.3) is 0 Å². The quantitative estimate of drug-likeness (QED) is 0.381. The van der Waals surface area contributed by atoms with Crippen molar-refractivity contribution in [2.75, 3.05) is 0 Å². The minimum absolute atomic E-state index is 0.0388. The normalized spacial score (nSPS) is 12.5. The summed E-state index contributed by atoms with van der Waals surface area (Å²) in [5, 5.41) is 0.580. The van der Waals surface area contributed by atoms with Gasteiger partial charge in [-0.3, -0.25) is 0 Å². The highest BCUT2D eigenvalue weighted by Crippen LogP contribution is 2.39. The summed E-state index contributed by atoms with van der Waals surface area (Å²) >= 11 is 12.7. The summed E-state index contributed by atoms with van der Waals surface area (Å²) in [6.07, 6.45) is -9.75. The van der Waals surface area contributed by atoms with Crippen LogP contribution >= 0.6 is 35.0 Å². The molecule has 2 rings (SSSR count). The zero-order chi connectivity index (χ0) is 18.1. The lowest BCUT2D eigenvalue weighted by Gasteiger charge is -2.14. The molecule has 0 aliphatic carbocycles. The van der Waals surface area contributed by atoms with Gasteiger partial charge >= 0.3 is 12.4 Å². The Balaban J connectivity index is 2.36. The fourth-order valence-electron chi connectivity index (χ4n) is 1.84. The zero-order valence-corrected chi connectivity index (χ0v) is 13.9. The molecule has 0 radical (unpaired) electrons. The van der Waals surface area contributed by atoms with E-state index in [0.717, 1.165) is 11.8 Å². The first kappa shape index (κ1) is 19.3. The molecule has 24 heavy (non-hydrogen) atoms. The molecule has 0 fully saturated rings. The van der Waals surface area contributed by atoms with Gasteiger partial charge in [-0.25, -0.2) is 0 Å². The molecule has 0 aliphatic heterocycles. The number of alkyl halides is 6. The monoisotopic (exact) mass is 404 g/mol. The lowest BCUT2D eigenvalue weighted by molar-refractivity contribution is -0.143. The van der Waals surface area contributed by atoms with Gasteiger partial charge in [-0.15, -0.1) is 11.8 Å². The summed E-state index contributed by atoms with van der Waals surface area (Å²) < 4.78 is 76.9. The van der Waals surface area contributed by atoms with E-state index in [1.807, 2.05) is 0 Å². The zero-order valence-electron chi connectivity index (χ0n) is 11.6. The highest BCUT2D eigenvalue weighted by Gasteiger charge is 2.36. The second kappa shape index (κ2) is 7.06. The molecule has 0 spiro atoms. The van der Waals surface area contributed by atoms with E-state index in [2.05, 4.69) is 0 Å². The van der Waals surface area contributed by atoms with Gasteiger partial charge in [0.2, 0.25) is 0 Å². The Bertz CT molecular complexity index is 687. The van der Waals surface area contributed by atoms with Crippen molar-refractivity contribution in [1.82, 2.24) is 0 Å². The molecule has 0 saturated heterocycles. The van der Waals surface area contributed by atoms with Gasteiger partial charge in [0.25, 0.3) is 0 Å². The fourth-order valence-corrected chi connectivity index (χ4v) is 3.57. The lowest BCUT2D eigenvalue weighted by Crippen LogP contribution is -2.10. The minimum Gasteiger partial charge on any atom is -0.166 e. The van der Waals surface area contributed by atoms with Crippen LogP contribution in [0.4, 0.5) is 26.3 Å². The Hall–Kier alpha value is -1.05. The number of thioether (sulfide) groups is 1. The van der Waals surface area contributed by atoms with Gasteiger partial charge in [0.1, 0.15) is 0 Å². The molecule has 2 aromatic carbocycles. The highest BCUT2D eigenvalue weighted by atomic mass is 35.5. The van der Waals surface area contributed by atoms with Crippen LogP contribution in [0.3, 0.4) is 0 Å². The molecule has 0 amide bonds. The van der Waals surface area contributed by atoms with E-state index in [4.69, 9.17) is 23.2 Å². The molecule has 9 heteroatoms. The first-order valence-electron chi connectivity index (χ1n) is 6.33. The summed E-state index contributed by atoms with van der Waals surface area (Å²) in [6.45, 7) is 0. The smallest absolute Gasteiger partial charge is 0.166 e. The van der Waals surface area contributed by atoms with Crippen molar-refractivity contribution in [2.45, 2.75) is 23.0 Å². The Labute approximate surface area is 147 Å². The van der Waals surface area contributed by atoms with E-state index in [9.17, 15) is 26.3 Å². The van der Waals surface area contributed by atoms with Crippen LogP contribution < -0.4 is 0 Å². The Morgan fingerprint density at radius 2 is 1.25 bits per heavy atom. The van der Waals surface area contributed by atoms with Crippen molar-refractivity contribution in [3.05, 3.63) is 63.1 Å². The van der Waals surface area contributed by atoms with E-state index in [0.29, 0.717) is 17.7 Å². The largest absolute Gasteiger partial charge is 0.416 e. The van der Waals surface area contributed by atoms with Crippen molar-refractivity contribution in [3.8, 4) is 0 Å². The number of rotatable bonds is 3. The molecule has 0 bridgehead atoms. The third-order valence-electron chi connectivity index (χ3n) is 3.01. The number of benzene rings is 2. The van der Waals surface area contributed by atoms with E-state index >= 15 is 0 Å². The fraction of sp³-hybridized carbons (Fsp3) is 0.200. The van der Waals surface area contributed by atoms with E-state index in [-0.39, 0.29) is 26.8 Å². The SMILES string of the molecule is FC(F)(F)c1cc(SCc2c(Cl)cccc2Cl)cc(C(F)(F)F)c1. The first-order valence-corrected chi connectivity index (χ1v) is 8.08. The third kappa shape index (κ3) is 4.74. The van der Waals surface area contributed by atoms with E-state index in [1.54, 1.807) is 6.07 Å². The summed E-state index contributed by atoms with van der Waals surface area (Å²) in [7, 11) is 0.